The molecule has 0 saturated heterocycles. The second-order valence-electron chi connectivity index (χ2n) is 4.04. The van der Waals surface area contributed by atoms with E-state index in [9.17, 15) is 0 Å². The van der Waals surface area contributed by atoms with E-state index in [1.54, 1.807) is 13.2 Å². The smallest absolute Gasteiger partial charge is 0.423 e. The summed E-state index contributed by atoms with van der Waals surface area (Å²) in [5, 5.41) is 18.2. The van der Waals surface area contributed by atoms with Crippen LogP contribution in [0.1, 0.15) is 29.9 Å². The van der Waals surface area contributed by atoms with Gasteiger partial charge in [0.05, 0.1) is 6.61 Å². The molecule has 15 heavy (non-hydrogen) atoms. The van der Waals surface area contributed by atoms with E-state index in [1.807, 2.05) is 12.1 Å². The molecule has 0 amide bonds. The van der Waals surface area contributed by atoms with Crippen molar-refractivity contribution in [2.24, 2.45) is 0 Å². The predicted octanol–water partition coefficient (Wildman–Crippen LogP) is 0.390. The molecule has 0 aliphatic heterocycles. The van der Waals surface area contributed by atoms with Crippen molar-refractivity contribution in [2.75, 3.05) is 7.11 Å². The second kappa shape index (κ2) is 4.35. The Morgan fingerprint density at radius 1 is 1.40 bits per heavy atom. The molecule has 1 fully saturated rings. The zero-order valence-corrected chi connectivity index (χ0v) is 8.81. The number of benzene rings is 1. The second-order valence-corrected chi connectivity index (χ2v) is 4.04. The molecule has 1 aromatic carbocycles. The van der Waals surface area contributed by atoms with Gasteiger partial charge in [0.2, 0.25) is 0 Å². The van der Waals surface area contributed by atoms with Gasteiger partial charge in [0.25, 0.3) is 0 Å². The first-order valence-corrected chi connectivity index (χ1v) is 5.20. The van der Waals surface area contributed by atoms with E-state index >= 15 is 0 Å². The Kier molecular flexibility index (Phi) is 3.10. The molecule has 4 heteroatoms. The highest BCUT2D eigenvalue weighted by Crippen LogP contribution is 2.41. The Morgan fingerprint density at radius 3 is 2.67 bits per heavy atom. The van der Waals surface area contributed by atoms with Crippen molar-refractivity contribution in [1.29, 1.82) is 0 Å². The van der Waals surface area contributed by atoms with E-state index < -0.39 is 7.12 Å². The van der Waals surface area contributed by atoms with Gasteiger partial charge in [0.1, 0.15) is 0 Å². The van der Waals surface area contributed by atoms with Crippen LogP contribution in [0.2, 0.25) is 0 Å². The van der Waals surface area contributed by atoms with E-state index in [1.165, 1.54) is 18.4 Å². The Labute approximate surface area is 89.8 Å². The minimum Gasteiger partial charge on any atom is -0.423 e. The van der Waals surface area contributed by atoms with Gasteiger partial charge in [-0.2, -0.15) is 0 Å². The lowest BCUT2D eigenvalue weighted by Gasteiger charge is -2.10. The summed E-state index contributed by atoms with van der Waals surface area (Å²) in [7, 11) is 0.296. The van der Waals surface area contributed by atoms with Crippen LogP contribution in [0.25, 0.3) is 0 Å². The van der Waals surface area contributed by atoms with Crippen LogP contribution in [0.15, 0.2) is 18.2 Å². The van der Waals surface area contributed by atoms with Crippen LogP contribution < -0.4 is 5.46 Å². The third-order valence-corrected chi connectivity index (χ3v) is 2.79. The van der Waals surface area contributed by atoms with Crippen LogP contribution in [0, 0.1) is 0 Å². The lowest BCUT2D eigenvalue weighted by Crippen LogP contribution is -2.30. The summed E-state index contributed by atoms with van der Waals surface area (Å²) in [5.74, 6) is 0.592. The highest BCUT2D eigenvalue weighted by Gasteiger charge is 2.27. The van der Waals surface area contributed by atoms with Crippen molar-refractivity contribution in [3.8, 4) is 0 Å². The van der Waals surface area contributed by atoms with Crippen molar-refractivity contribution in [2.45, 2.75) is 25.4 Å². The van der Waals surface area contributed by atoms with Gasteiger partial charge in [-0.15, -0.1) is 0 Å². The zero-order chi connectivity index (χ0) is 10.8. The topological polar surface area (TPSA) is 49.7 Å². The molecule has 0 radical (unpaired) electrons. The molecule has 2 rings (SSSR count). The summed E-state index contributed by atoms with van der Waals surface area (Å²) < 4.78 is 5.12. The van der Waals surface area contributed by atoms with Gasteiger partial charge in [-0.1, -0.05) is 18.2 Å². The van der Waals surface area contributed by atoms with E-state index in [0.717, 1.165) is 5.56 Å². The van der Waals surface area contributed by atoms with Crippen molar-refractivity contribution in [3.63, 3.8) is 0 Å². The van der Waals surface area contributed by atoms with Crippen LogP contribution in [0.3, 0.4) is 0 Å². The summed E-state index contributed by atoms with van der Waals surface area (Å²) in [4.78, 5) is 0. The Balaban J connectivity index is 2.31. The fourth-order valence-corrected chi connectivity index (χ4v) is 1.84. The zero-order valence-electron chi connectivity index (χ0n) is 8.81. The first-order valence-electron chi connectivity index (χ1n) is 5.20. The van der Waals surface area contributed by atoms with Crippen LogP contribution in [-0.4, -0.2) is 24.3 Å². The molecular weight excluding hydrogens is 191 g/mol. The molecule has 0 bridgehead atoms. The Hall–Kier alpha value is -0.835. The van der Waals surface area contributed by atoms with Gasteiger partial charge in [0.15, 0.2) is 0 Å². The molecule has 0 heterocycles. The monoisotopic (exact) mass is 206 g/mol. The number of rotatable bonds is 4. The molecule has 1 aliphatic carbocycles. The fraction of sp³-hybridized carbons (Fsp3) is 0.455. The summed E-state index contributed by atoms with van der Waals surface area (Å²) >= 11 is 0. The maximum Gasteiger partial charge on any atom is 0.488 e. The molecule has 1 aliphatic rings. The van der Waals surface area contributed by atoms with Crippen LogP contribution in [0.4, 0.5) is 0 Å². The maximum atomic E-state index is 9.10. The van der Waals surface area contributed by atoms with Gasteiger partial charge in [-0.05, 0) is 35.3 Å². The Morgan fingerprint density at radius 2 is 2.13 bits per heavy atom. The third kappa shape index (κ3) is 2.40. The molecule has 1 aromatic rings. The highest BCUT2D eigenvalue weighted by molar-refractivity contribution is 6.58. The molecule has 0 spiro atoms. The minimum absolute atomic E-state index is 0.566. The third-order valence-electron chi connectivity index (χ3n) is 2.79. The van der Waals surface area contributed by atoms with E-state index in [4.69, 9.17) is 14.8 Å². The molecule has 1 saturated carbocycles. The highest BCUT2D eigenvalue weighted by atomic mass is 16.5. The molecule has 3 nitrogen and oxygen atoms in total. The van der Waals surface area contributed by atoms with Gasteiger partial charge in [-0.25, -0.2) is 0 Å². The summed E-state index contributed by atoms with van der Waals surface area (Å²) in [6, 6.07) is 5.55. The van der Waals surface area contributed by atoms with Crippen LogP contribution >= 0.6 is 0 Å². The average Bonchev–Trinajstić information content (AvgIpc) is 3.02. The quantitative estimate of drug-likeness (QED) is 0.700. The van der Waals surface area contributed by atoms with Crippen molar-refractivity contribution in [1.82, 2.24) is 0 Å². The summed E-state index contributed by atoms with van der Waals surface area (Å²) in [5.41, 5.74) is 2.93. The number of hydrogen-bond acceptors (Lipinski definition) is 3. The Bertz CT molecular complexity index is 348. The minimum atomic E-state index is -1.38. The first kappa shape index (κ1) is 10.7. The lowest BCUT2D eigenvalue weighted by molar-refractivity contribution is 0.184. The molecular formula is C11H15BO3. The average molecular weight is 206 g/mol. The van der Waals surface area contributed by atoms with Gasteiger partial charge in [-0.3, -0.25) is 0 Å². The van der Waals surface area contributed by atoms with E-state index in [0.29, 0.717) is 18.0 Å². The van der Waals surface area contributed by atoms with E-state index in [-0.39, 0.29) is 0 Å². The largest absolute Gasteiger partial charge is 0.488 e. The standard InChI is InChI=1S/C11H15BO3/c1-15-7-9-4-5-10(12(13)14)6-11(9)8-2-3-8/h4-6,8,13-14H,2-3,7H2,1H3. The normalized spacial score (nSPS) is 15.4. The first-order chi connectivity index (χ1) is 7.22. The van der Waals surface area contributed by atoms with E-state index in [2.05, 4.69) is 0 Å². The molecule has 80 valence electrons. The molecule has 0 atom stereocenters. The summed E-state index contributed by atoms with van der Waals surface area (Å²) in [6.45, 7) is 0.591. The van der Waals surface area contributed by atoms with Crippen molar-refractivity contribution in [3.05, 3.63) is 29.3 Å². The lowest BCUT2D eigenvalue weighted by atomic mass is 9.78. The number of ether oxygens (including phenoxy) is 1. The number of hydrogen-bond donors (Lipinski definition) is 2. The summed E-state index contributed by atoms with van der Waals surface area (Å²) in [6.07, 6.45) is 2.39. The van der Waals surface area contributed by atoms with Gasteiger partial charge >= 0.3 is 7.12 Å². The predicted molar refractivity (Wildman–Crippen MR) is 59.0 cm³/mol. The molecule has 2 N–H and O–H groups in total. The number of methoxy groups -OCH3 is 1. The van der Waals surface area contributed by atoms with Gasteiger partial charge < -0.3 is 14.8 Å². The molecule has 0 aromatic heterocycles. The van der Waals surface area contributed by atoms with Crippen molar-refractivity contribution < 1.29 is 14.8 Å². The van der Waals surface area contributed by atoms with Crippen LogP contribution in [0.5, 0.6) is 0 Å². The SMILES string of the molecule is COCc1ccc(B(O)O)cc1C1CC1. The van der Waals surface area contributed by atoms with Crippen LogP contribution in [-0.2, 0) is 11.3 Å². The fourth-order valence-electron chi connectivity index (χ4n) is 1.84. The van der Waals surface area contributed by atoms with Crippen molar-refractivity contribution >= 4 is 12.6 Å². The van der Waals surface area contributed by atoms with Gasteiger partial charge in [0, 0.05) is 7.11 Å². The maximum absolute atomic E-state index is 9.10. The molecule has 0 unspecified atom stereocenters.